The minimum atomic E-state index is -4.25. The summed E-state index contributed by atoms with van der Waals surface area (Å²) >= 11 is 0. The van der Waals surface area contributed by atoms with Crippen molar-refractivity contribution in [2.24, 2.45) is 0 Å². The van der Waals surface area contributed by atoms with Gasteiger partial charge in [-0.2, -0.15) is 13.2 Å². The molecule has 1 aromatic carbocycles. The molecule has 0 bridgehead atoms. The monoisotopic (exact) mass is 272 g/mol. The lowest BCUT2D eigenvalue weighted by Gasteiger charge is -2.08. The number of aromatic nitrogens is 1. The Bertz CT molecular complexity index is 548. The van der Waals surface area contributed by atoms with Gasteiger partial charge < -0.3 is 15.0 Å². The second-order valence-electron chi connectivity index (χ2n) is 4.35. The van der Waals surface area contributed by atoms with E-state index in [1.54, 1.807) is 6.07 Å². The van der Waals surface area contributed by atoms with Crippen LogP contribution in [0.2, 0.25) is 0 Å². The molecule has 6 heteroatoms. The van der Waals surface area contributed by atoms with E-state index in [4.69, 9.17) is 5.73 Å². The summed E-state index contributed by atoms with van der Waals surface area (Å²) in [5, 5.41) is 1.02. The molecule has 2 rings (SSSR count). The minimum Gasteiger partial charge on any atom is -0.399 e. The zero-order chi connectivity index (χ0) is 13.9. The Morgan fingerprint density at radius 2 is 2.00 bits per heavy atom. The van der Waals surface area contributed by atoms with Gasteiger partial charge in [0.15, 0.2) is 0 Å². The fourth-order valence-electron chi connectivity index (χ4n) is 1.94. The second kappa shape index (κ2) is 5.52. The van der Waals surface area contributed by atoms with Crippen molar-refractivity contribution in [2.75, 3.05) is 18.9 Å². The quantitative estimate of drug-likeness (QED) is 0.670. The number of nitrogen functional groups attached to an aromatic ring is 1. The molecule has 0 aliphatic heterocycles. The number of benzene rings is 1. The number of aryl methyl sites for hydroxylation is 1. The number of nitrogens with two attached hydrogens (primary N) is 1. The number of ether oxygens (including phenoxy) is 1. The predicted octanol–water partition coefficient (Wildman–Crippen LogP) is 3.19. The highest BCUT2D eigenvalue weighted by Crippen LogP contribution is 2.19. The van der Waals surface area contributed by atoms with Crippen LogP contribution in [-0.2, 0) is 11.3 Å². The standard InChI is InChI=1S/C13H15F3N2O/c14-13(15,16)9-19-7-1-5-18-6-4-10-8-11(17)2-3-12(10)18/h2-4,6,8H,1,5,7,9,17H2. The number of hydrogen-bond acceptors (Lipinski definition) is 2. The molecular formula is C13H15F3N2O. The third kappa shape index (κ3) is 3.89. The van der Waals surface area contributed by atoms with Crippen LogP contribution < -0.4 is 5.73 Å². The first-order chi connectivity index (χ1) is 8.96. The first kappa shape index (κ1) is 13.7. The summed E-state index contributed by atoms with van der Waals surface area (Å²) in [6, 6.07) is 7.51. The lowest BCUT2D eigenvalue weighted by atomic mass is 10.2. The molecule has 1 heterocycles. The van der Waals surface area contributed by atoms with Crippen molar-refractivity contribution in [3.05, 3.63) is 30.5 Å². The van der Waals surface area contributed by atoms with Crippen molar-refractivity contribution in [3.8, 4) is 0 Å². The van der Waals surface area contributed by atoms with Crippen molar-refractivity contribution >= 4 is 16.6 Å². The van der Waals surface area contributed by atoms with Gasteiger partial charge in [-0.25, -0.2) is 0 Å². The molecule has 0 unspecified atom stereocenters. The molecule has 0 amide bonds. The Labute approximate surface area is 108 Å². The van der Waals surface area contributed by atoms with Crippen LogP contribution in [0.25, 0.3) is 10.9 Å². The molecule has 0 atom stereocenters. The average Bonchev–Trinajstić information content (AvgIpc) is 2.69. The van der Waals surface area contributed by atoms with Crippen LogP contribution in [0.5, 0.6) is 0 Å². The summed E-state index contributed by atoms with van der Waals surface area (Å²) in [4.78, 5) is 0. The fraction of sp³-hybridized carbons (Fsp3) is 0.385. The molecule has 1 aromatic heterocycles. The number of anilines is 1. The van der Waals surface area contributed by atoms with Gasteiger partial charge in [0, 0.05) is 35.9 Å². The van der Waals surface area contributed by atoms with Gasteiger partial charge >= 0.3 is 6.18 Å². The number of rotatable bonds is 5. The Balaban J connectivity index is 1.85. The van der Waals surface area contributed by atoms with E-state index in [1.165, 1.54) is 0 Å². The van der Waals surface area contributed by atoms with E-state index in [2.05, 4.69) is 4.74 Å². The highest BCUT2D eigenvalue weighted by Gasteiger charge is 2.27. The van der Waals surface area contributed by atoms with E-state index in [9.17, 15) is 13.2 Å². The van der Waals surface area contributed by atoms with Crippen molar-refractivity contribution in [1.82, 2.24) is 4.57 Å². The molecule has 0 saturated heterocycles. The van der Waals surface area contributed by atoms with E-state index < -0.39 is 12.8 Å². The summed E-state index contributed by atoms with van der Waals surface area (Å²) in [6.07, 6.45) is -1.82. The van der Waals surface area contributed by atoms with Crippen molar-refractivity contribution in [3.63, 3.8) is 0 Å². The van der Waals surface area contributed by atoms with Gasteiger partial charge in [0.2, 0.25) is 0 Å². The topological polar surface area (TPSA) is 40.2 Å². The highest BCUT2D eigenvalue weighted by atomic mass is 19.4. The van der Waals surface area contributed by atoms with Gasteiger partial charge in [0.25, 0.3) is 0 Å². The normalized spacial score (nSPS) is 12.2. The zero-order valence-electron chi connectivity index (χ0n) is 10.3. The molecule has 0 fully saturated rings. The third-order valence-electron chi connectivity index (χ3n) is 2.75. The summed E-state index contributed by atoms with van der Waals surface area (Å²) in [5.74, 6) is 0. The van der Waals surface area contributed by atoms with Crippen molar-refractivity contribution < 1.29 is 17.9 Å². The SMILES string of the molecule is Nc1ccc2c(ccn2CCCOCC(F)(F)F)c1. The number of nitrogens with zero attached hydrogens (tertiary/aromatic N) is 1. The van der Waals surface area contributed by atoms with E-state index in [0.29, 0.717) is 18.7 Å². The lowest BCUT2D eigenvalue weighted by Crippen LogP contribution is -2.17. The molecule has 0 saturated carbocycles. The number of halogens is 3. The first-order valence-electron chi connectivity index (χ1n) is 5.94. The van der Waals surface area contributed by atoms with Gasteiger partial charge in [-0.1, -0.05) is 0 Å². The molecule has 0 aliphatic carbocycles. The second-order valence-corrected chi connectivity index (χ2v) is 4.35. The Morgan fingerprint density at radius 3 is 2.74 bits per heavy atom. The van der Waals surface area contributed by atoms with E-state index >= 15 is 0 Å². The smallest absolute Gasteiger partial charge is 0.399 e. The van der Waals surface area contributed by atoms with Crippen LogP contribution in [-0.4, -0.2) is 24.0 Å². The average molecular weight is 272 g/mol. The van der Waals surface area contributed by atoms with Gasteiger partial charge in [0.05, 0.1) is 0 Å². The zero-order valence-corrected chi connectivity index (χ0v) is 10.3. The third-order valence-corrected chi connectivity index (χ3v) is 2.75. The molecule has 2 aromatic rings. The summed E-state index contributed by atoms with van der Waals surface area (Å²) in [6.45, 7) is -0.477. The maximum atomic E-state index is 11.9. The number of alkyl halides is 3. The van der Waals surface area contributed by atoms with Crippen LogP contribution >= 0.6 is 0 Å². The largest absolute Gasteiger partial charge is 0.411 e. The number of hydrogen-bond donors (Lipinski definition) is 1. The van der Waals surface area contributed by atoms with Crippen LogP contribution in [0.4, 0.5) is 18.9 Å². The minimum absolute atomic E-state index is 0.0914. The summed E-state index contributed by atoms with van der Waals surface area (Å²) < 4.78 is 42.1. The highest BCUT2D eigenvalue weighted by molar-refractivity contribution is 5.83. The van der Waals surface area contributed by atoms with Crippen molar-refractivity contribution in [1.29, 1.82) is 0 Å². The Hall–Kier alpha value is -1.69. The molecule has 3 nitrogen and oxygen atoms in total. The van der Waals surface area contributed by atoms with Crippen LogP contribution in [0, 0.1) is 0 Å². The molecule has 19 heavy (non-hydrogen) atoms. The predicted molar refractivity (Wildman–Crippen MR) is 67.8 cm³/mol. The van der Waals surface area contributed by atoms with E-state index in [1.807, 2.05) is 29.0 Å². The summed E-state index contributed by atoms with van der Waals surface area (Å²) in [5.41, 5.74) is 7.39. The van der Waals surface area contributed by atoms with Crippen LogP contribution in [0.1, 0.15) is 6.42 Å². The fourth-order valence-corrected chi connectivity index (χ4v) is 1.94. The summed E-state index contributed by atoms with van der Waals surface area (Å²) in [7, 11) is 0. The van der Waals surface area contributed by atoms with Crippen LogP contribution in [0.3, 0.4) is 0 Å². The van der Waals surface area contributed by atoms with E-state index in [-0.39, 0.29) is 6.61 Å². The van der Waals surface area contributed by atoms with Crippen molar-refractivity contribution in [2.45, 2.75) is 19.1 Å². The Morgan fingerprint density at radius 1 is 1.21 bits per heavy atom. The molecule has 0 spiro atoms. The van der Waals surface area contributed by atoms with Crippen LogP contribution in [0.15, 0.2) is 30.5 Å². The lowest BCUT2D eigenvalue weighted by molar-refractivity contribution is -0.174. The molecular weight excluding hydrogens is 257 g/mol. The maximum Gasteiger partial charge on any atom is 0.411 e. The molecule has 0 aliphatic rings. The molecule has 0 radical (unpaired) electrons. The molecule has 104 valence electrons. The van der Waals surface area contributed by atoms with Gasteiger partial charge in [-0.15, -0.1) is 0 Å². The van der Waals surface area contributed by atoms with Gasteiger partial charge in [0.1, 0.15) is 6.61 Å². The molecule has 2 N–H and O–H groups in total. The maximum absolute atomic E-state index is 11.9. The Kier molecular flexibility index (Phi) is 3.99. The van der Waals surface area contributed by atoms with E-state index in [0.717, 1.165) is 10.9 Å². The number of fused-ring (bicyclic) bond motifs is 1. The van der Waals surface area contributed by atoms with Gasteiger partial charge in [-0.05, 0) is 30.7 Å². The van der Waals surface area contributed by atoms with Gasteiger partial charge in [-0.3, -0.25) is 0 Å². The first-order valence-corrected chi connectivity index (χ1v) is 5.94.